The Balaban J connectivity index is 2.04. The molecule has 0 spiro atoms. The normalized spacial score (nSPS) is 10.2. The molecule has 0 saturated heterocycles. The second-order valence-electron chi connectivity index (χ2n) is 6.29. The first-order valence-corrected chi connectivity index (χ1v) is 10.0. The lowest BCUT2D eigenvalue weighted by Gasteiger charge is -2.21. The van der Waals surface area contributed by atoms with Crippen LogP contribution in [0.15, 0.2) is 48.5 Å². The molecule has 0 radical (unpaired) electrons. The van der Waals surface area contributed by atoms with Gasteiger partial charge >= 0.3 is 0 Å². The molecule has 0 heterocycles. The van der Waals surface area contributed by atoms with Crippen molar-refractivity contribution in [3.8, 4) is 0 Å². The average Bonchev–Trinajstić information content (AvgIpc) is 2.67. The minimum absolute atomic E-state index is 0.0127. The number of halogens is 1. The molecule has 2 aromatic carbocycles. The van der Waals surface area contributed by atoms with Crippen LogP contribution in [0.2, 0.25) is 5.02 Å². The Morgan fingerprint density at radius 2 is 1.64 bits per heavy atom. The van der Waals surface area contributed by atoms with E-state index in [1.807, 2.05) is 4.90 Å². The van der Waals surface area contributed by atoms with E-state index in [1.54, 1.807) is 48.5 Å². The van der Waals surface area contributed by atoms with Crippen LogP contribution in [-0.2, 0) is 0 Å². The van der Waals surface area contributed by atoms with Crippen molar-refractivity contribution in [1.29, 1.82) is 0 Å². The van der Waals surface area contributed by atoms with Gasteiger partial charge in [0.1, 0.15) is 0 Å². The largest absolute Gasteiger partial charge is 0.339 e. The van der Waals surface area contributed by atoms with Crippen molar-refractivity contribution in [2.75, 3.05) is 18.4 Å². The maximum Gasteiger partial charge on any atom is 0.257 e. The molecule has 2 N–H and O–H groups in total. The fraction of sp³-hybridized carbons (Fsp3) is 0.286. The van der Waals surface area contributed by atoms with Gasteiger partial charge in [-0.25, -0.2) is 0 Å². The number of amides is 2. The summed E-state index contributed by atoms with van der Waals surface area (Å²) in [7, 11) is 0. The minimum Gasteiger partial charge on any atom is -0.339 e. The summed E-state index contributed by atoms with van der Waals surface area (Å²) in [5.41, 5.74) is 1.63. The molecule has 0 atom stereocenters. The van der Waals surface area contributed by atoms with Gasteiger partial charge in [0, 0.05) is 34.9 Å². The van der Waals surface area contributed by atoms with Crippen molar-refractivity contribution >= 4 is 46.4 Å². The number of hydrogen-bond donors (Lipinski definition) is 2. The van der Waals surface area contributed by atoms with E-state index >= 15 is 0 Å². The number of rotatable bonds is 7. The Morgan fingerprint density at radius 1 is 1.00 bits per heavy atom. The summed E-state index contributed by atoms with van der Waals surface area (Å²) in [5, 5.41) is 6.18. The van der Waals surface area contributed by atoms with Crippen LogP contribution in [0.4, 0.5) is 5.69 Å². The van der Waals surface area contributed by atoms with Crippen molar-refractivity contribution in [2.24, 2.45) is 0 Å². The first kappa shape index (κ1) is 21.9. The van der Waals surface area contributed by atoms with E-state index in [2.05, 4.69) is 24.5 Å². The molecule has 0 saturated carbocycles. The van der Waals surface area contributed by atoms with E-state index in [0.717, 1.165) is 25.9 Å². The highest BCUT2D eigenvalue weighted by Gasteiger charge is 2.15. The van der Waals surface area contributed by atoms with Gasteiger partial charge in [0.15, 0.2) is 5.11 Å². The van der Waals surface area contributed by atoms with Crippen LogP contribution in [-0.4, -0.2) is 34.9 Å². The quantitative estimate of drug-likeness (QED) is 0.639. The molecular formula is C21H24ClN3O2S. The number of nitrogens with zero attached hydrogens (tertiary/aromatic N) is 1. The minimum atomic E-state index is -0.357. The van der Waals surface area contributed by atoms with Crippen LogP contribution >= 0.6 is 23.8 Å². The highest BCUT2D eigenvalue weighted by atomic mass is 35.5. The van der Waals surface area contributed by atoms with E-state index in [0.29, 0.717) is 21.8 Å². The zero-order valence-corrected chi connectivity index (χ0v) is 17.6. The maximum absolute atomic E-state index is 12.7. The van der Waals surface area contributed by atoms with Crippen molar-refractivity contribution in [2.45, 2.75) is 26.7 Å². The number of carbonyl (C=O) groups excluding carboxylic acids is 2. The predicted molar refractivity (Wildman–Crippen MR) is 118 cm³/mol. The molecule has 2 rings (SSSR count). The molecule has 0 aliphatic heterocycles. The smallest absolute Gasteiger partial charge is 0.257 e. The van der Waals surface area contributed by atoms with Crippen LogP contribution < -0.4 is 10.6 Å². The lowest BCUT2D eigenvalue weighted by molar-refractivity contribution is 0.0755. The van der Waals surface area contributed by atoms with Gasteiger partial charge in [0.25, 0.3) is 11.8 Å². The lowest BCUT2D eigenvalue weighted by Crippen LogP contribution is -2.34. The summed E-state index contributed by atoms with van der Waals surface area (Å²) >= 11 is 11.1. The molecule has 0 aromatic heterocycles. The summed E-state index contributed by atoms with van der Waals surface area (Å²) in [5.74, 6) is -0.370. The van der Waals surface area contributed by atoms with Gasteiger partial charge in [0.05, 0.1) is 0 Å². The van der Waals surface area contributed by atoms with Crippen molar-refractivity contribution in [3.05, 3.63) is 64.7 Å². The van der Waals surface area contributed by atoms with E-state index in [4.69, 9.17) is 23.8 Å². The van der Waals surface area contributed by atoms with Gasteiger partial charge in [0.2, 0.25) is 0 Å². The molecule has 0 aliphatic carbocycles. The highest BCUT2D eigenvalue weighted by molar-refractivity contribution is 7.80. The van der Waals surface area contributed by atoms with Crippen LogP contribution in [0.5, 0.6) is 0 Å². The van der Waals surface area contributed by atoms with Crippen molar-refractivity contribution < 1.29 is 9.59 Å². The molecule has 2 aromatic rings. The number of hydrogen-bond acceptors (Lipinski definition) is 3. The van der Waals surface area contributed by atoms with Crippen LogP contribution in [0.25, 0.3) is 0 Å². The number of anilines is 1. The standard InChI is InChI=1S/C21H24ClN3O2S/c1-3-11-25(12-4-2)20(27)16-8-6-10-18(14-16)23-21(28)24-19(26)15-7-5-9-17(22)13-15/h5-10,13-14H,3-4,11-12H2,1-2H3,(H2,23,24,26,28). The zero-order chi connectivity index (χ0) is 20.5. The first-order valence-electron chi connectivity index (χ1n) is 9.21. The Bertz CT molecular complexity index is 851. The molecular weight excluding hydrogens is 394 g/mol. The van der Waals surface area contributed by atoms with Crippen molar-refractivity contribution in [1.82, 2.24) is 10.2 Å². The van der Waals surface area contributed by atoms with E-state index in [9.17, 15) is 9.59 Å². The van der Waals surface area contributed by atoms with Crippen LogP contribution in [0, 0.1) is 0 Å². The highest BCUT2D eigenvalue weighted by Crippen LogP contribution is 2.14. The topological polar surface area (TPSA) is 61.4 Å². The summed E-state index contributed by atoms with van der Waals surface area (Å²) in [6.45, 7) is 5.54. The molecule has 148 valence electrons. The number of nitrogens with one attached hydrogen (secondary N) is 2. The third-order valence-corrected chi connectivity index (χ3v) is 4.39. The monoisotopic (exact) mass is 417 g/mol. The van der Waals surface area contributed by atoms with Crippen LogP contribution in [0.1, 0.15) is 47.4 Å². The Kier molecular flexibility index (Phi) is 8.42. The molecule has 0 fully saturated rings. The van der Waals surface area contributed by atoms with Gasteiger partial charge in [-0.15, -0.1) is 0 Å². The van der Waals surface area contributed by atoms with Gasteiger partial charge in [-0.2, -0.15) is 0 Å². The molecule has 0 bridgehead atoms. The van der Waals surface area contributed by atoms with Gasteiger partial charge in [-0.05, 0) is 61.5 Å². The Labute approximate surface area is 176 Å². The zero-order valence-electron chi connectivity index (χ0n) is 16.0. The molecule has 7 heteroatoms. The van der Waals surface area contributed by atoms with Gasteiger partial charge in [-0.3, -0.25) is 14.9 Å². The van der Waals surface area contributed by atoms with Crippen molar-refractivity contribution in [3.63, 3.8) is 0 Å². The van der Waals surface area contributed by atoms with Crippen LogP contribution in [0.3, 0.4) is 0 Å². The molecule has 5 nitrogen and oxygen atoms in total. The third kappa shape index (κ3) is 6.32. The summed E-state index contributed by atoms with van der Waals surface area (Å²) < 4.78 is 0. The second-order valence-corrected chi connectivity index (χ2v) is 7.14. The molecule has 28 heavy (non-hydrogen) atoms. The van der Waals surface area contributed by atoms with Gasteiger partial charge < -0.3 is 10.2 Å². The fourth-order valence-corrected chi connectivity index (χ4v) is 3.14. The lowest BCUT2D eigenvalue weighted by atomic mass is 10.1. The predicted octanol–water partition coefficient (Wildman–Crippen LogP) is 4.73. The van der Waals surface area contributed by atoms with E-state index in [1.165, 1.54) is 0 Å². The number of thiocarbonyl (C=S) groups is 1. The Hall–Kier alpha value is -2.44. The molecule has 0 aliphatic rings. The summed E-state index contributed by atoms with van der Waals surface area (Å²) in [6.07, 6.45) is 1.81. The molecule has 0 unspecified atom stereocenters. The SMILES string of the molecule is CCCN(CCC)C(=O)c1cccc(NC(=S)NC(=O)c2cccc(Cl)c2)c1. The first-order chi connectivity index (χ1) is 13.4. The fourth-order valence-electron chi connectivity index (χ4n) is 2.73. The molecule has 2 amide bonds. The number of benzene rings is 2. The average molecular weight is 418 g/mol. The van der Waals surface area contributed by atoms with E-state index in [-0.39, 0.29) is 16.9 Å². The Morgan fingerprint density at radius 3 is 2.29 bits per heavy atom. The number of carbonyl (C=O) groups is 2. The van der Waals surface area contributed by atoms with Gasteiger partial charge in [-0.1, -0.05) is 37.6 Å². The summed E-state index contributed by atoms with van der Waals surface area (Å²) in [6, 6.07) is 13.7. The third-order valence-electron chi connectivity index (χ3n) is 3.96. The summed E-state index contributed by atoms with van der Waals surface area (Å²) in [4.78, 5) is 26.8. The van der Waals surface area contributed by atoms with E-state index < -0.39 is 0 Å². The maximum atomic E-state index is 12.7. The second kappa shape index (κ2) is 10.8.